The van der Waals surface area contributed by atoms with Crippen LogP contribution in [0.2, 0.25) is 0 Å². The van der Waals surface area contributed by atoms with E-state index < -0.39 is 53.7 Å². The second-order valence-electron chi connectivity index (χ2n) is 16.1. The van der Waals surface area contributed by atoms with Crippen LogP contribution < -0.4 is 0 Å². The molecule has 6 saturated heterocycles. The number of alkyl halides is 3. The number of halogens is 3. The molecule has 13 nitrogen and oxygen atoms in total. The van der Waals surface area contributed by atoms with E-state index in [9.17, 15) is 18.3 Å². The lowest BCUT2D eigenvalue weighted by atomic mass is 9.59. The topological polar surface area (TPSA) is 134 Å². The molecule has 8 fully saturated rings. The highest BCUT2D eigenvalue weighted by Gasteiger charge is 2.68. The van der Waals surface area contributed by atoms with Crippen molar-refractivity contribution in [3.05, 3.63) is 23.2 Å². The SMILES string of the molecule is CC1CCC(C(C)C(O)OCCn2nncc2COCC2=C(C(F)(F)F)OC3OC4CCC5C(C)CCC2C35OO4)C23COC(C)(CCC12)OO3. The standard InChI is InChI=1S/C35H50F3N3O10/c1-19-5-7-26(33-18-45-32(4,49-50-33)12-11-24(19)33)21(3)30(42)44-14-13-41-22(15-39-40-41)16-43-17-23-27-8-6-20(2)25-9-10-28-46-31(34(25,27)51-48-28)47-29(23)35(36,37)38/h15,19-21,24-28,30-31,42H,5-14,16-18H2,1-4H3. The van der Waals surface area contributed by atoms with Crippen molar-refractivity contribution in [2.24, 2.45) is 41.4 Å². The van der Waals surface area contributed by atoms with E-state index in [2.05, 4.69) is 24.2 Å². The van der Waals surface area contributed by atoms with Crippen molar-refractivity contribution in [2.45, 2.75) is 134 Å². The van der Waals surface area contributed by atoms with Gasteiger partial charge in [0.25, 0.3) is 0 Å². The predicted molar refractivity (Wildman–Crippen MR) is 167 cm³/mol. The predicted octanol–water partition coefficient (Wildman–Crippen LogP) is 5.33. The van der Waals surface area contributed by atoms with Crippen molar-refractivity contribution in [3.63, 3.8) is 0 Å². The van der Waals surface area contributed by atoms with E-state index in [0.29, 0.717) is 37.5 Å². The Kier molecular flexibility index (Phi) is 9.52. The molecule has 286 valence electrons. The van der Waals surface area contributed by atoms with E-state index in [4.69, 9.17) is 43.2 Å². The lowest BCUT2D eigenvalue weighted by Crippen LogP contribution is -2.66. The Morgan fingerprint density at radius 3 is 2.61 bits per heavy atom. The summed E-state index contributed by atoms with van der Waals surface area (Å²) < 4.78 is 74.6. The molecular formula is C35H50F3N3O10. The molecule has 2 saturated carbocycles. The Morgan fingerprint density at radius 1 is 1.02 bits per heavy atom. The Balaban J connectivity index is 0.903. The van der Waals surface area contributed by atoms with E-state index in [1.54, 1.807) is 4.68 Å². The number of hydrogen-bond donors (Lipinski definition) is 1. The maximum absolute atomic E-state index is 14.5. The fourth-order valence-corrected chi connectivity index (χ4v) is 10.4. The minimum atomic E-state index is -4.75. The number of ether oxygens (including phenoxy) is 5. The molecule has 1 aromatic heterocycles. The van der Waals surface area contributed by atoms with Gasteiger partial charge in [0, 0.05) is 42.1 Å². The third-order valence-corrected chi connectivity index (χ3v) is 13.2. The lowest BCUT2D eigenvalue weighted by Gasteiger charge is -2.56. The van der Waals surface area contributed by atoms with Gasteiger partial charge in [0.1, 0.15) is 5.60 Å². The molecule has 51 heavy (non-hydrogen) atoms. The molecule has 7 aliphatic heterocycles. The van der Waals surface area contributed by atoms with E-state index in [0.717, 1.165) is 32.1 Å². The first-order chi connectivity index (χ1) is 24.3. The molecule has 8 heterocycles. The van der Waals surface area contributed by atoms with Crippen LogP contribution >= 0.6 is 0 Å². The molecule has 9 aliphatic rings. The van der Waals surface area contributed by atoms with Gasteiger partial charge in [-0.15, -0.1) is 5.10 Å². The number of aliphatic hydroxyl groups is 1. The van der Waals surface area contributed by atoms with Gasteiger partial charge >= 0.3 is 6.18 Å². The molecular weight excluding hydrogens is 679 g/mol. The molecule has 0 radical (unpaired) electrons. The van der Waals surface area contributed by atoms with Crippen LogP contribution in [0.15, 0.2) is 17.5 Å². The van der Waals surface area contributed by atoms with Crippen molar-refractivity contribution < 1.29 is 61.5 Å². The van der Waals surface area contributed by atoms with Gasteiger partial charge < -0.3 is 28.8 Å². The Morgan fingerprint density at radius 2 is 1.82 bits per heavy atom. The number of nitrogens with zero attached hydrogens (tertiary/aromatic N) is 3. The summed E-state index contributed by atoms with van der Waals surface area (Å²) in [5.41, 5.74) is -1.30. The fourth-order valence-electron chi connectivity index (χ4n) is 10.4. The van der Waals surface area contributed by atoms with Crippen LogP contribution in [-0.4, -0.2) is 82.0 Å². The molecule has 13 atom stereocenters. The molecule has 10 rings (SSSR count). The van der Waals surface area contributed by atoms with Crippen LogP contribution in [0, 0.1) is 41.4 Å². The zero-order chi connectivity index (χ0) is 35.8. The summed E-state index contributed by atoms with van der Waals surface area (Å²) >= 11 is 0. The Labute approximate surface area is 295 Å². The Bertz CT molecular complexity index is 1450. The minimum absolute atomic E-state index is 0.00229. The van der Waals surface area contributed by atoms with E-state index in [1.807, 2.05) is 13.8 Å². The summed E-state index contributed by atoms with van der Waals surface area (Å²) in [4.78, 5) is 23.5. The minimum Gasteiger partial charge on any atom is -0.456 e. The van der Waals surface area contributed by atoms with Crippen molar-refractivity contribution in [1.29, 1.82) is 0 Å². The summed E-state index contributed by atoms with van der Waals surface area (Å²) in [7, 11) is 0. The van der Waals surface area contributed by atoms with Gasteiger partial charge in [-0.05, 0) is 63.2 Å². The third kappa shape index (κ3) is 6.14. The summed E-state index contributed by atoms with van der Waals surface area (Å²) in [5.74, 6) is -2.01. The van der Waals surface area contributed by atoms with Crippen LogP contribution in [-0.2, 0) is 56.4 Å². The maximum atomic E-state index is 14.5. The molecule has 0 amide bonds. The van der Waals surface area contributed by atoms with E-state index in [1.165, 1.54) is 6.20 Å². The van der Waals surface area contributed by atoms with Crippen molar-refractivity contribution >= 4 is 0 Å². The van der Waals surface area contributed by atoms with Crippen molar-refractivity contribution in [2.75, 3.05) is 19.8 Å². The highest BCUT2D eigenvalue weighted by molar-refractivity contribution is 5.28. The quantitative estimate of drug-likeness (QED) is 0.247. The molecule has 13 unspecified atom stereocenters. The number of rotatable bonds is 10. The number of hydrogen-bond acceptors (Lipinski definition) is 12. The first kappa shape index (κ1) is 36.1. The van der Waals surface area contributed by atoms with Crippen LogP contribution in [0.25, 0.3) is 0 Å². The van der Waals surface area contributed by atoms with Gasteiger partial charge in [-0.2, -0.15) is 13.2 Å². The van der Waals surface area contributed by atoms with Gasteiger partial charge in [-0.25, -0.2) is 24.2 Å². The normalized spacial score (nSPS) is 43.1. The van der Waals surface area contributed by atoms with Gasteiger partial charge in [0.05, 0.1) is 44.9 Å². The second kappa shape index (κ2) is 13.4. The van der Waals surface area contributed by atoms with Gasteiger partial charge in [0.15, 0.2) is 24.0 Å². The monoisotopic (exact) mass is 729 g/mol. The molecule has 2 spiro atoms. The number of fused-ring (bicyclic) bond motifs is 5. The van der Waals surface area contributed by atoms with Gasteiger partial charge in [-0.3, -0.25) is 0 Å². The zero-order valence-electron chi connectivity index (χ0n) is 29.6. The molecule has 1 aromatic rings. The molecule has 4 bridgehead atoms. The molecule has 2 aliphatic carbocycles. The smallest absolute Gasteiger partial charge is 0.449 e. The van der Waals surface area contributed by atoms with Crippen molar-refractivity contribution in [1.82, 2.24) is 15.0 Å². The molecule has 16 heteroatoms. The third-order valence-electron chi connectivity index (χ3n) is 13.2. The Hall–Kier alpha value is -1.89. The zero-order valence-corrected chi connectivity index (χ0v) is 29.6. The van der Waals surface area contributed by atoms with E-state index in [-0.39, 0.29) is 61.5 Å². The highest BCUT2D eigenvalue weighted by Crippen LogP contribution is 2.60. The summed E-state index contributed by atoms with van der Waals surface area (Å²) in [5, 5.41) is 19.3. The first-order valence-corrected chi connectivity index (χ1v) is 18.6. The number of allylic oxidation sites excluding steroid dienone is 1. The summed E-state index contributed by atoms with van der Waals surface area (Å²) in [6, 6.07) is 0. The second-order valence-corrected chi connectivity index (χ2v) is 16.1. The summed E-state index contributed by atoms with van der Waals surface area (Å²) in [6.07, 6.45) is -0.355. The van der Waals surface area contributed by atoms with Crippen LogP contribution in [0.3, 0.4) is 0 Å². The van der Waals surface area contributed by atoms with Crippen LogP contribution in [0.1, 0.15) is 84.8 Å². The number of aromatic nitrogens is 3. The first-order valence-electron chi connectivity index (χ1n) is 18.6. The molecule has 1 N–H and O–H groups in total. The number of aliphatic hydroxyl groups excluding tert-OH is 1. The average molecular weight is 730 g/mol. The lowest BCUT2D eigenvalue weighted by molar-refractivity contribution is -0.528. The summed E-state index contributed by atoms with van der Waals surface area (Å²) in [6.45, 7) is 8.60. The average Bonchev–Trinajstić information content (AvgIpc) is 3.21. The maximum Gasteiger partial charge on any atom is 0.449 e. The highest BCUT2D eigenvalue weighted by atomic mass is 19.4. The molecule has 0 aromatic carbocycles. The van der Waals surface area contributed by atoms with Crippen molar-refractivity contribution in [3.8, 4) is 0 Å². The van der Waals surface area contributed by atoms with Gasteiger partial charge in [0.2, 0.25) is 12.0 Å². The fraction of sp³-hybridized carbons (Fsp3) is 0.886. The van der Waals surface area contributed by atoms with Crippen LogP contribution in [0.4, 0.5) is 13.2 Å². The van der Waals surface area contributed by atoms with Crippen LogP contribution in [0.5, 0.6) is 0 Å². The van der Waals surface area contributed by atoms with Gasteiger partial charge in [-0.1, -0.05) is 26.0 Å². The largest absolute Gasteiger partial charge is 0.456 e. The van der Waals surface area contributed by atoms with E-state index >= 15 is 0 Å².